The number of hydrogen-bond acceptors (Lipinski definition) is 3. The fourth-order valence-corrected chi connectivity index (χ4v) is 1.61. The van der Waals surface area contributed by atoms with E-state index in [9.17, 15) is 0 Å². The predicted molar refractivity (Wildman–Crippen MR) is 71.1 cm³/mol. The number of rotatable bonds is 5. The normalized spacial score (nSPS) is 22.4. The molecular weight excluding hydrogens is 222 g/mol. The molecule has 1 atom stereocenters. The van der Waals surface area contributed by atoms with Crippen LogP contribution in [0.5, 0.6) is 0 Å². The molecule has 0 aliphatic carbocycles. The summed E-state index contributed by atoms with van der Waals surface area (Å²) in [4.78, 5) is 4.33. The first kappa shape index (κ1) is 13.6. The summed E-state index contributed by atoms with van der Waals surface area (Å²) in [6.07, 6.45) is 4.67. The van der Waals surface area contributed by atoms with Crippen molar-refractivity contribution in [2.75, 3.05) is 26.0 Å². The third-order valence-electron chi connectivity index (χ3n) is 2.72. The van der Waals surface area contributed by atoms with Gasteiger partial charge in [0.15, 0.2) is 5.96 Å². The summed E-state index contributed by atoms with van der Waals surface area (Å²) in [7, 11) is 0. The molecule has 0 aromatic rings. The van der Waals surface area contributed by atoms with Crippen LogP contribution < -0.4 is 11.1 Å². The van der Waals surface area contributed by atoms with Crippen LogP contribution in [0.25, 0.3) is 0 Å². The SMILES string of the molecule is CSC(C)(C)CN=C(N)NCC1CCCO1. The van der Waals surface area contributed by atoms with Gasteiger partial charge in [0.2, 0.25) is 0 Å². The number of nitrogens with two attached hydrogens (primary N) is 1. The molecule has 0 spiro atoms. The van der Waals surface area contributed by atoms with E-state index in [1.807, 2.05) is 0 Å². The molecule has 0 saturated carbocycles. The van der Waals surface area contributed by atoms with E-state index in [4.69, 9.17) is 10.5 Å². The van der Waals surface area contributed by atoms with Gasteiger partial charge in [0, 0.05) is 17.9 Å². The molecule has 1 fully saturated rings. The Kier molecular flexibility index (Phi) is 5.41. The molecule has 4 nitrogen and oxygen atoms in total. The van der Waals surface area contributed by atoms with Gasteiger partial charge in [-0.15, -0.1) is 0 Å². The Balaban J connectivity index is 2.22. The van der Waals surface area contributed by atoms with E-state index in [1.165, 1.54) is 0 Å². The van der Waals surface area contributed by atoms with Crippen molar-refractivity contribution in [3.63, 3.8) is 0 Å². The third-order valence-corrected chi connectivity index (χ3v) is 3.95. The Morgan fingerprint density at radius 2 is 2.38 bits per heavy atom. The van der Waals surface area contributed by atoms with Crippen molar-refractivity contribution in [2.45, 2.75) is 37.5 Å². The zero-order valence-corrected chi connectivity index (χ0v) is 11.3. The molecule has 0 radical (unpaired) electrons. The molecule has 1 aliphatic heterocycles. The summed E-state index contributed by atoms with van der Waals surface area (Å²) in [5, 5.41) is 3.11. The number of aliphatic imine (C=N–C) groups is 1. The quantitative estimate of drug-likeness (QED) is 0.564. The number of ether oxygens (including phenoxy) is 1. The van der Waals surface area contributed by atoms with E-state index < -0.39 is 0 Å². The second kappa shape index (κ2) is 6.35. The van der Waals surface area contributed by atoms with Gasteiger partial charge in [-0.05, 0) is 32.9 Å². The molecule has 3 N–H and O–H groups in total. The maximum absolute atomic E-state index is 5.79. The van der Waals surface area contributed by atoms with Crippen LogP contribution in [0.1, 0.15) is 26.7 Å². The lowest BCUT2D eigenvalue weighted by Gasteiger charge is -2.19. The molecule has 1 saturated heterocycles. The number of guanidine groups is 1. The summed E-state index contributed by atoms with van der Waals surface area (Å²) in [5.41, 5.74) is 5.79. The van der Waals surface area contributed by atoms with Crippen LogP contribution in [-0.2, 0) is 4.74 Å². The number of nitrogens with one attached hydrogen (secondary N) is 1. The van der Waals surface area contributed by atoms with E-state index in [1.54, 1.807) is 11.8 Å². The van der Waals surface area contributed by atoms with Gasteiger partial charge in [0.1, 0.15) is 0 Å². The lowest BCUT2D eigenvalue weighted by molar-refractivity contribution is 0.114. The number of hydrogen-bond donors (Lipinski definition) is 2. The van der Waals surface area contributed by atoms with E-state index in [0.717, 1.165) is 32.5 Å². The molecule has 1 rings (SSSR count). The third kappa shape index (κ3) is 5.07. The number of nitrogens with zero attached hydrogens (tertiary/aromatic N) is 1. The van der Waals surface area contributed by atoms with E-state index in [-0.39, 0.29) is 4.75 Å². The van der Waals surface area contributed by atoms with Crippen molar-refractivity contribution >= 4 is 17.7 Å². The van der Waals surface area contributed by atoms with Crippen LogP contribution in [0, 0.1) is 0 Å². The minimum Gasteiger partial charge on any atom is -0.376 e. The summed E-state index contributed by atoms with van der Waals surface area (Å²) in [6, 6.07) is 0. The summed E-state index contributed by atoms with van der Waals surface area (Å²) >= 11 is 1.80. The highest BCUT2D eigenvalue weighted by molar-refractivity contribution is 7.99. The van der Waals surface area contributed by atoms with E-state index in [0.29, 0.717) is 12.1 Å². The standard InChI is InChI=1S/C11H23N3OS/c1-11(2,16-3)8-14-10(12)13-7-9-5-4-6-15-9/h9H,4-8H2,1-3H3,(H3,12,13,14). The Bertz CT molecular complexity index is 237. The molecule has 5 heteroatoms. The Hall–Kier alpha value is -0.420. The molecule has 0 aromatic carbocycles. The molecule has 0 bridgehead atoms. The second-order valence-electron chi connectivity index (χ2n) is 4.68. The summed E-state index contributed by atoms with van der Waals surface area (Å²) < 4.78 is 5.64. The first-order valence-electron chi connectivity index (χ1n) is 5.74. The molecule has 0 aromatic heterocycles. The predicted octanol–water partition coefficient (Wildman–Crippen LogP) is 1.21. The van der Waals surface area contributed by atoms with Gasteiger partial charge in [-0.2, -0.15) is 11.8 Å². The highest BCUT2D eigenvalue weighted by atomic mass is 32.2. The minimum atomic E-state index is 0.149. The zero-order chi connectivity index (χ0) is 12.0. The molecule has 1 unspecified atom stereocenters. The van der Waals surface area contributed by atoms with Crippen molar-refractivity contribution in [1.29, 1.82) is 0 Å². The van der Waals surface area contributed by atoms with Crippen molar-refractivity contribution in [2.24, 2.45) is 10.7 Å². The zero-order valence-electron chi connectivity index (χ0n) is 10.5. The average molecular weight is 245 g/mol. The lowest BCUT2D eigenvalue weighted by Crippen LogP contribution is -2.38. The van der Waals surface area contributed by atoms with Crippen molar-refractivity contribution < 1.29 is 4.74 Å². The van der Waals surface area contributed by atoms with Crippen LogP contribution in [0.3, 0.4) is 0 Å². The highest BCUT2D eigenvalue weighted by Crippen LogP contribution is 2.20. The first-order chi connectivity index (χ1) is 7.53. The Morgan fingerprint density at radius 1 is 1.62 bits per heavy atom. The average Bonchev–Trinajstić information content (AvgIpc) is 2.76. The van der Waals surface area contributed by atoms with Gasteiger partial charge in [0.05, 0.1) is 12.6 Å². The van der Waals surface area contributed by atoms with Crippen molar-refractivity contribution in [3.05, 3.63) is 0 Å². The summed E-state index contributed by atoms with van der Waals surface area (Å²) in [5.74, 6) is 0.526. The fraction of sp³-hybridized carbons (Fsp3) is 0.909. The van der Waals surface area contributed by atoms with Gasteiger partial charge in [-0.25, -0.2) is 0 Å². The second-order valence-corrected chi connectivity index (χ2v) is 6.19. The molecule has 1 aliphatic rings. The van der Waals surface area contributed by atoms with E-state index in [2.05, 4.69) is 30.4 Å². The molecule has 16 heavy (non-hydrogen) atoms. The smallest absolute Gasteiger partial charge is 0.188 e. The largest absolute Gasteiger partial charge is 0.376 e. The van der Waals surface area contributed by atoms with Crippen LogP contribution >= 0.6 is 11.8 Å². The lowest BCUT2D eigenvalue weighted by atomic mass is 10.2. The molecule has 0 amide bonds. The van der Waals surface area contributed by atoms with Gasteiger partial charge >= 0.3 is 0 Å². The van der Waals surface area contributed by atoms with Crippen LogP contribution in [0.15, 0.2) is 4.99 Å². The number of thioether (sulfide) groups is 1. The van der Waals surface area contributed by atoms with Crippen LogP contribution in [0.2, 0.25) is 0 Å². The first-order valence-corrected chi connectivity index (χ1v) is 6.96. The molecular formula is C11H23N3OS. The van der Waals surface area contributed by atoms with Crippen LogP contribution in [0.4, 0.5) is 0 Å². The maximum Gasteiger partial charge on any atom is 0.188 e. The van der Waals surface area contributed by atoms with Crippen molar-refractivity contribution in [3.8, 4) is 0 Å². The molecule has 94 valence electrons. The minimum absolute atomic E-state index is 0.149. The fourth-order valence-electron chi connectivity index (χ4n) is 1.42. The van der Waals surface area contributed by atoms with Crippen LogP contribution in [-0.4, -0.2) is 42.8 Å². The van der Waals surface area contributed by atoms with Crippen molar-refractivity contribution in [1.82, 2.24) is 5.32 Å². The van der Waals surface area contributed by atoms with E-state index >= 15 is 0 Å². The topological polar surface area (TPSA) is 59.6 Å². The highest BCUT2D eigenvalue weighted by Gasteiger charge is 2.16. The van der Waals surface area contributed by atoms with Gasteiger partial charge < -0.3 is 15.8 Å². The van der Waals surface area contributed by atoms with Gasteiger partial charge in [-0.3, -0.25) is 4.99 Å². The summed E-state index contributed by atoms with van der Waals surface area (Å²) in [6.45, 7) is 6.71. The monoisotopic (exact) mass is 245 g/mol. The Morgan fingerprint density at radius 3 is 2.94 bits per heavy atom. The molecule has 1 heterocycles. The maximum atomic E-state index is 5.79. The Labute approximate surface area is 102 Å². The van der Waals surface area contributed by atoms with Gasteiger partial charge in [0.25, 0.3) is 0 Å². The van der Waals surface area contributed by atoms with Gasteiger partial charge in [-0.1, -0.05) is 0 Å².